The third kappa shape index (κ3) is 50.7. The van der Waals surface area contributed by atoms with Crippen LogP contribution in [0.2, 0.25) is 0 Å². The van der Waals surface area contributed by atoms with Gasteiger partial charge in [-0.2, -0.15) is 0 Å². The molecule has 1 unspecified atom stereocenters. The largest absolute Gasteiger partial charge is 0.462 e. The molecule has 0 aliphatic carbocycles. The first-order valence-corrected chi connectivity index (χ1v) is 26.1. The Bertz CT molecular complexity index is 1400. The molecule has 0 aromatic heterocycles. The van der Waals surface area contributed by atoms with Crippen molar-refractivity contribution in [1.82, 2.24) is 0 Å². The maximum absolute atomic E-state index is 12.8. The smallest absolute Gasteiger partial charge is 0.306 e. The summed E-state index contributed by atoms with van der Waals surface area (Å²) < 4.78 is 16.7. The van der Waals surface area contributed by atoms with E-state index in [1.807, 2.05) is 54.7 Å². The minimum Gasteiger partial charge on any atom is -0.462 e. The molecule has 0 rings (SSSR count). The quantitative estimate of drug-likeness (QED) is 0.0199. The van der Waals surface area contributed by atoms with Crippen molar-refractivity contribution in [3.05, 3.63) is 122 Å². The fourth-order valence-corrected chi connectivity index (χ4v) is 6.63. The standard InChI is InChI=1S/C59H94O6/c1-4-7-10-13-16-19-22-25-27-29-31-34-37-40-43-46-49-52-58(61)64-55-56(54-63-57(60)51-48-45-42-39-36-33-24-21-18-15-12-9-6-3)65-59(62)53-50-47-44-41-38-35-32-30-28-26-23-20-17-14-11-8-5-2/h9,12,15,17-18,20-21,24-28,31,33-34,36,39-40,42-43,56H,4-8,10-11,13-14,16,19,22-23,29-30,32,35,37-38,41,44-55H2,1-3H3/b12-9-,18-15-,20-17-,24-21-,27-25-,28-26-,34-31-,36-33-,42-39-,43-40-. The molecule has 0 aliphatic rings. The molecule has 0 heterocycles. The first-order chi connectivity index (χ1) is 32.0. The van der Waals surface area contributed by atoms with Crippen molar-refractivity contribution in [2.45, 2.75) is 219 Å². The van der Waals surface area contributed by atoms with Crippen molar-refractivity contribution in [1.29, 1.82) is 0 Å². The maximum Gasteiger partial charge on any atom is 0.306 e. The molecule has 0 aromatic rings. The Kier molecular flexibility index (Phi) is 49.1. The number of carbonyl (C=O) groups excluding carboxylic acids is 3. The van der Waals surface area contributed by atoms with Crippen LogP contribution < -0.4 is 0 Å². The van der Waals surface area contributed by atoms with Crippen LogP contribution in [0.1, 0.15) is 213 Å². The van der Waals surface area contributed by atoms with Gasteiger partial charge in [0, 0.05) is 19.3 Å². The number of unbranched alkanes of at least 4 members (excludes halogenated alkanes) is 18. The van der Waals surface area contributed by atoms with Gasteiger partial charge in [0.2, 0.25) is 0 Å². The van der Waals surface area contributed by atoms with Gasteiger partial charge >= 0.3 is 17.9 Å². The van der Waals surface area contributed by atoms with Crippen LogP contribution in [0.3, 0.4) is 0 Å². The highest BCUT2D eigenvalue weighted by molar-refractivity contribution is 5.71. The molecular weight excluding hydrogens is 805 g/mol. The molecular formula is C59H94O6. The number of hydrogen-bond donors (Lipinski definition) is 0. The zero-order chi connectivity index (χ0) is 47.2. The second-order valence-corrected chi connectivity index (χ2v) is 16.8. The third-order valence-electron chi connectivity index (χ3n) is 10.5. The minimum absolute atomic E-state index is 0.133. The molecule has 0 amide bonds. The first kappa shape index (κ1) is 60.8. The van der Waals surface area contributed by atoms with Crippen molar-refractivity contribution in [2.24, 2.45) is 0 Å². The monoisotopic (exact) mass is 899 g/mol. The topological polar surface area (TPSA) is 78.9 Å². The van der Waals surface area contributed by atoms with E-state index in [9.17, 15) is 14.4 Å². The summed E-state index contributed by atoms with van der Waals surface area (Å²) in [4.78, 5) is 37.9. The molecule has 0 aromatic carbocycles. The summed E-state index contributed by atoms with van der Waals surface area (Å²) in [5.74, 6) is -1.07. The van der Waals surface area contributed by atoms with Gasteiger partial charge in [-0.3, -0.25) is 14.4 Å². The minimum atomic E-state index is -0.834. The second kappa shape index (κ2) is 52.4. The van der Waals surface area contributed by atoms with Crippen LogP contribution in [0.25, 0.3) is 0 Å². The SMILES string of the molecule is CC\C=C/C=C\C=C/C=C\C=C/CCCC(=O)OCC(COC(=O)CCC/C=C\C/C=C\C/C=C\CCCCCCCC)OC(=O)CCCCCCCCC/C=C\C/C=C\CCCCC. The van der Waals surface area contributed by atoms with E-state index in [2.05, 4.69) is 87.6 Å². The highest BCUT2D eigenvalue weighted by Crippen LogP contribution is 2.13. The normalized spacial score (nSPS) is 13.1. The summed E-state index contributed by atoms with van der Waals surface area (Å²) >= 11 is 0. The molecule has 0 N–H and O–H groups in total. The number of carbonyl (C=O) groups is 3. The average Bonchev–Trinajstić information content (AvgIpc) is 3.30. The number of esters is 3. The van der Waals surface area contributed by atoms with Crippen LogP contribution >= 0.6 is 0 Å². The van der Waals surface area contributed by atoms with Crippen LogP contribution in [0.15, 0.2) is 122 Å². The zero-order valence-corrected chi connectivity index (χ0v) is 41.7. The molecule has 65 heavy (non-hydrogen) atoms. The fourth-order valence-electron chi connectivity index (χ4n) is 6.63. The van der Waals surface area contributed by atoms with Gasteiger partial charge in [0.15, 0.2) is 6.10 Å². The summed E-state index contributed by atoms with van der Waals surface area (Å²) in [7, 11) is 0. The van der Waals surface area contributed by atoms with Crippen molar-refractivity contribution in [2.75, 3.05) is 13.2 Å². The van der Waals surface area contributed by atoms with Crippen LogP contribution in [0.5, 0.6) is 0 Å². The van der Waals surface area contributed by atoms with E-state index in [-0.39, 0.29) is 50.4 Å². The molecule has 366 valence electrons. The van der Waals surface area contributed by atoms with Crippen LogP contribution in [-0.4, -0.2) is 37.2 Å². The van der Waals surface area contributed by atoms with Gasteiger partial charge in [0.05, 0.1) is 0 Å². The molecule has 0 saturated heterocycles. The lowest BCUT2D eigenvalue weighted by molar-refractivity contribution is -0.167. The predicted molar refractivity (Wildman–Crippen MR) is 279 cm³/mol. The van der Waals surface area contributed by atoms with Crippen LogP contribution in [-0.2, 0) is 28.6 Å². The van der Waals surface area contributed by atoms with Gasteiger partial charge in [-0.1, -0.05) is 219 Å². The first-order valence-electron chi connectivity index (χ1n) is 26.1. The van der Waals surface area contributed by atoms with Crippen molar-refractivity contribution >= 4 is 17.9 Å². The molecule has 6 heteroatoms. The van der Waals surface area contributed by atoms with E-state index >= 15 is 0 Å². The third-order valence-corrected chi connectivity index (χ3v) is 10.5. The molecule has 0 spiro atoms. The zero-order valence-electron chi connectivity index (χ0n) is 41.7. The van der Waals surface area contributed by atoms with Crippen LogP contribution in [0.4, 0.5) is 0 Å². The number of hydrogen-bond acceptors (Lipinski definition) is 6. The highest BCUT2D eigenvalue weighted by atomic mass is 16.6. The van der Waals surface area contributed by atoms with E-state index in [1.165, 1.54) is 89.9 Å². The van der Waals surface area contributed by atoms with Crippen molar-refractivity contribution < 1.29 is 28.6 Å². The molecule has 1 atom stereocenters. The molecule has 0 saturated carbocycles. The predicted octanol–water partition coefficient (Wildman–Crippen LogP) is 17.3. The summed E-state index contributed by atoms with van der Waals surface area (Å²) in [5, 5.41) is 0. The molecule has 6 nitrogen and oxygen atoms in total. The Balaban J connectivity index is 4.58. The van der Waals surface area contributed by atoms with Gasteiger partial charge in [-0.25, -0.2) is 0 Å². The summed E-state index contributed by atoms with van der Waals surface area (Å²) in [5.41, 5.74) is 0. The van der Waals surface area contributed by atoms with Gasteiger partial charge in [-0.15, -0.1) is 0 Å². The second-order valence-electron chi connectivity index (χ2n) is 16.8. The Morgan fingerprint density at radius 2 is 0.677 bits per heavy atom. The lowest BCUT2D eigenvalue weighted by Gasteiger charge is -2.18. The Hall–Kier alpha value is -4.19. The molecule has 0 bridgehead atoms. The lowest BCUT2D eigenvalue weighted by atomic mass is 10.1. The Morgan fingerprint density at radius 3 is 1.15 bits per heavy atom. The van der Waals surface area contributed by atoms with E-state index < -0.39 is 6.10 Å². The molecule has 0 aliphatic heterocycles. The number of allylic oxidation sites excluding steroid dienone is 20. The number of ether oxygens (including phenoxy) is 3. The van der Waals surface area contributed by atoms with Gasteiger partial charge in [0.25, 0.3) is 0 Å². The fraction of sp³-hybridized carbons (Fsp3) is 0.610. The van der Waals surface area contributed by atoms with Gasteiger partial charge in [0.1, 0.15) is 13.2 Å². The van der Waals surface area contributed by atoms with E-state index in [1.54, 1.807) is 0 Å². The van der Waals surface area contributed by atoms with Gasteiger partial charge in [-0.05, 0) is 96.3 Å². The maximum atomic E-state index is 12.8. The summed E-state index contributed by atoms with van der Waals surface area (Å²) in [6.45, 7) is 6.33. The summed E-state index contributed by atoms with van der Waals surface area (Å²) in [6.07, 6.45) is 71.9. The average molecular weight is 899 g/mol. The Morgan fingerprint density at radius 1 is 0.338 bits per heavy atom. The van der Waals surface area contributed by atoms with E-state index in [0.717, 1.165) is 70.6 Å². The van der Waals surface area contributed by atoms with E-state index in [4.69, 9.17) is 14.2 Å². The highest BCUT2D eigenvalue weighted by Gasteiger charge is 2.19. The van der Waals surface area contributed by atoms with Crippen molar-refractivity contribution in [3.8, 4) is 0 Å². The summed E-state index contributed by atoms with van der Waals surface area (Å²) in [6, 6.07) is 0. The van der Waals surface area contributed by atoms with Crippen molar-refractivity contribution in [3.63, 3.8) is 0 Å². The van der Waals surface area contributed by atoms with Gasteiger partial charge < -0.3 is 14.2 Å². The van der Waals surface area contributed by atoms with E-state index in [0.29, 0.717) is 12.8 Å². The lowest BCUT2D eigenvalue weighted by Crippen LogP contribution is -2.30. The molecule has 0 fully saturated rings. The van der Waals surface area contributed by atoms with Crippen LogP contribution in [0, 0.1) is 0 Å². The molecule has 0 radical (unpaired) electrons. The number of rotatable bonds is 45. The Labute approximate surface area is 399 Å².